The minimum absolute atomic E-state index is 0.132. The van der Waals surface area contributed by atoms with Crippen molar-refractivity contribution in [2.75, 3.05) is 11.9 Å². The molecule has 0 saturated carbocycles. The monoisotopic (exact) mass is 409 g/mol. The Hall–Kier alpha value is -2.02. The maximum absolute atomic E-state index is 12.1. The van der Waals surface area contributed by atoms with Gasteiger partial charge >= 0.3 is 5.97 Å². The summed E-state index contributed by atoms with van der Waals surface area (Å²) in [5, 5.41) is 2.75. The second kappa shape index (κ2) is 8.12. The van der Waals surface area contributed by atoms with E-state index in [9.17, 15) is 14.4 Å². The number of rotatable bonds is 5. The van der Waals surface area contributed by atoms with Crippen molar-refractivity contribution in [2.45, 2.75) is 16.6 Å². The average Bonchev–Trinajstić information content (AvgIpc) is 2.60. The molecule has 2 aromatic carbocycles. The first-order valence-corrected chi connectivity index (χ1v) is 9.28. The van der Waals surface area contributed by atoms with Gasteiger partial charge in [-0.05, 0) is 30.3 Å². The van der Waals surface area contributed by atoms with Crippen LogP contribution in [0, 0.1) is 0 Å². The maximum atomic E-state index is 12.1. The van der Waals surface area contributed by atoms with Gasteiger partial charge in [-0.3, -0.25) is 14.4 Å². The van der Waals surface area contributed by atoms with E-state index >= 15 is 0 Å². The Morgan fingerprint density at radius 1 is 1.15 bits per heavy atom. The van der Waals surface area contributed by atoms with E-state index in [1.165, 1.54) is 30.0 Å². The average molecular weight is 410 g/mol. The first-order chi connectivity index (χ1) is 12.4. The fourth-order valence-corrected chi connectivity index (χ4v) is 3.99. The Bertz CT molecular complexity index is 887. The number of ether oxygens (including phenoxy) is 1. The van der Waals surface area contributed by atoms with Gasteiger partial charge in [0.05, 0.1) is 22.4 Å². The van der Waals surface area contributed by atoms with Gasteiger partial charge in [-0.1, -0.05) is 35.3 Å². The maximum Gasteiger partial charge on any atom is 0.307 e. The van der Waals surface area contributed by atoms with Crippen LogP contribution in [-0.4, -0.2) is 29.5 Å². The molecule has 0 fully saturated rings. The van der Waals surface area contributed by atoms with Crippen LogP contribution in [-0.2, 0) is 14.3 Å². The lowest BCUT2D eigenvalue weighted by atomic mass is 10.1. The smallest absolute Gasteiger partial charge is 0.307 e. The lowest BCUT2D eigenvalue weighted by Crippen LogP contribution is -2.31. The predicted octanol–water partition coefficient (Wildman–Crippen LogP) is 4.22. The van der Waals surface area contributed by atoms with Crippen LogP contribution in [0.4, 0.5) is 5.69 Å². The van der Waals surface area contributed by atoms with E-state index < -0.39 is 23.6 Å². The molecule has 1 aliphatic rings. The third-order valence-electron chi connectivity index (χ3n) is 3.65. The molecule has 134 valence electrons. The van der Waals surface area contributed by atoms with E-state index in [2.05, 4.69) is 5.32 Å². The Morgan fingerprint density at radius 3 is 2.69 bits per heavy atom. The normalized spacial score (nSPS) is 15.8. The van der Waals surface area contributed by atoms with Crippen molar-refractivity contribution >= 4 is 58.3 Å². The first kappa shape index (κ1) is 18.8. The standard InChI is InChI=1S/C18H13Cl2NO4S/c19-10-5-6-11(12(20)7-10)14(22)9-25-17(23)8-16-18(24)21-13-3-1-2-4-15(13)26-16/h1-7,16H,8-9H2,(H,21,24)/t16-/m0/s1. The second-order valence-electron chi connectivity index (χ2n) is 5.50. The highest BCUT2D eigenvalue weighted by Crippen LogP contribution is 2.36. The lowest BCUT2D eigenvalue weighted by Gasteiger charge is -2.23. The van der Waals surface area contributed by atoms with Gasteiger partial charge in [0.25, 0.3) is 0 Å². The largest absolute Gasteiger partial charge is 0.457 e. The number of carbonyl (C=O) groups is 3. The zero-order valence-electron chi connectivity index (χ0n) is 13.3. The molecule has 2 aromatic rings. The number of para-hydroxylation sites is 1. The topological polar surface area (TPSA) is 72.5 Å². The number of hydrogen-bond donors (Lipinski definition) is 1. The SMILES string of the molecule is O=C(C[C@@H]1Sc2ccccc2NC1=O)OCC(=O)c1ccc(Cl)cc1Cl. The van der Waals surface area contributed by atoms with Crippen molar-refractivity contribution in [1.29, 1.82) is 0 Å². The molecule has 1 aliphatic heterocycles. The number of fused-ring (bicyclic) bond motifs is 1. The van der Waals surface area contributed by atoms with Crippen LogP contribution in [0.25, 0.3) is 0 Å². The molecule has 5 nitrogen and oxygen atoms in total. The van der Waals surface area contributed by atoms with Gasteiger partial charge in [-0.15, -0.1) is 11.8 Å². The number of Topliss-reactive ketones (excluding diaryl/α,β-unsaturated/α-hetero) is 1. The summed E-state index contributed by atoms with van der Waals surface area (Å²) >= 11 is 13.0. The minimum atomic E-state index is -0.629. The van der Waals surface area contributed by atoms with Crippen LogP contribution in [0.2, 0.25) is 10.0 Å². The molecular weight excluding hydrogens is 397 g/mol. The van der Waals surface area contributed by atoms with Gasteiger partial charge in [0.2, 0.25) is 11.7 Å². The third-order valence-corrected chi connectivity index (χ3v) is 5.48. The number of hydrogen-bond acceptors (Lipinski definition) is 5. The zero-order chi connectivity index (χ0) is 18.7. The molecule has 1 heterocycles. The van der Waals surface area contributed by atoms with Crippen molar-refractivity contribution < 1.29 is 19.1 Å². The molecule has 0 radical (unpaired) electrons. The molecule has 0 aliphatic carbocycles. The highest BCUT2D eigenvalue weighted by molar-refractivity contribution is 8.01. The van der Waals surface area contributed by atoms with E-state index in [0.29, 0.717) is 5.02 Å². The fraction of sp³-hybridized carbons (Fsp3) is 0.167. The molecule has 1 atom stereocenters. The number of esters is 1. The van der Waals surface area contributed by atoms with Gasteiger partial charge in [0, 0.05) is 15.5 Å². The summed E-state index contributed by atoms with van der Waals surface area (Å²) in [6.07, 6.45) is -0.132. The molecule has 0 unspecified atom stereocenters. The van der Waals surface area contributed by atoms with Crippen molar-refractivity contribution in [1.82, 2.24) is 0 Å². The van der Waals surface area contributed by atoms with Gasteiger partial charge < -0.3 is 10.1 Å². The summed E-state index contributed by atoms with van der Waals surface area (Å²) in [6.45, 7) is -0.449. The first-order valence-electron chi connectivity index (χ1n) is 7.64. The predicted molar refractivity (Wildman–Crippen MR) is 101 cm³/mol. The van der Waals surface area contributed by atoms with Gasteiger partial charge in [-0.25, -0.2) is 0 Å². The van der Waals surface area contributed by atoms with E-state index in [1.807, 2.05) is 18.2 Å². The molecule has 8 heteroatoms. The summed E-state index contributed by atoms with van der Waals surface area (Å²) in [4.78, 5) is 37.1. The van der Waals surface area contributed by atoms with Crippen molar-refractivity contribution in [3.63, 3.8) is 0 Å². The molecule has 0 saturated heterocycles. The number of nitrogens with one attached hydrogen (secondary N) is 1. The molecule has 0 bridgehead atoms. The number of benzene rings is 2. The number of carbonyl (C=O) groups excluding carboxylic acids is 3. The summed E-state index contributed by atoms with van der Waals surface area (Å²) in [5.41, 5.74) is 0.947. The van der Waals surface area contributed by atoms with Gasteiger partial charge in [0.15, 0.2) is 6.61 Å². The Kier molecular flexibility index (Phi) is 5.86. The Labute approximate surface area is 164 Å². The molecular formula is C18H13Cl2NO4S. The van der Waals surface area contributed by atoms with Crippen LogP contribution >= 0.6 is 35.0 Å². The summed E-state index contributed by atoms with van der Waals surface area (Å²) in [6, 6.07) is 11.8. The highest BCUT2D eigenvalue weighted by atomic mass is 35.5. The van der Waals surface area contributed by atoms with Crippen LogP contribution in [0.15, 0.2) is 47.4 Å². The van der Waals surface area contributed by atoms with Crippen molar-refractivity contribution in [3.8, 4) is 0 Å². The lowest BCUT2D eigenvalue weighted by molar-refractivity contribution is -0.143. The van der Waals surface area contributed by atoms with Crippen molar-refractivity contribution in [3.05, 3.63) is 58.1 Å². The highest BCUT2D eigenvalue weighted by Gasteiger charge is 2.29. The molecule has 1 amide bonds. The van der Waals surface area contributed by atoms with Crippen molar-refractivity contribution in [2.24, 2.45) is 0 Å². The van der Waals surface area contributed by atoms with Gasteiger partial charge in [-0.2, -0.15) is 0 Å². The summed E-state index contributed by atoms with van der Waals surface area (Å²) in [7, 11) is 0. The van der Waals surface area contributed by atoms with Gasteiger partial charge in [0.1, 0.15) is 0 Å². The van der Waals surface area contributed by atoms with E-state index in [1.54, 1.807) is 6.07 Å². The van der Waals surface area contributed by atoms with E-state index in [0.717, 1.165) is 10.6 Å². The number of thioether (sulfide) groups is 1. The fourth-order valence-electron chi connectivity index (χ4n) is 2.38. The van der Waals surface area contributed by atoms with E-state index in [4.69, 9.17) is 27.9 Å². The van der Waals surface area contributed by atoms with Crippen LogP contribution in [0.3, 0.4) is 0 Å². The molecule has 3 rings (SSSR count). The van der Waals surface area contributed by atoms with Crippen LogP contribution in [0.1, 0.15) is 16.8 Å². The molecule has 0 aromatic heterocycles. The number of ketones is 1. The van der Waals surface area contributed by atoms with Crippen LogP contribution < -0.4 is 5.32 Å². The summed E-state index contributed by atoms with van der Waals surface area (Å²) in [5.74, 6) is -1.33. The molecule has 26 heavy (non-hydrogen) atoms. The second-order valence-corrected chi connectivity index (χ2v) is 7.59. The quantitative estimate of drug-likeness (QED) is 0.590. The minimum Gasteiger partial charge on any atom is -0.457 e. The van der Waals surface area contributed by atoms with E-state index in [-0.39, 0.29) is 22.9 Å². The Morgan fingerprint density at radius 2 is 1.92 bits per heavy atom. The summed E-state index contributed by atoms with van der Waals surface area (Å²) < 4.78 is 5.01. The third kappa shape index (κ3) is 4.38. The Balaban J connectivity index is 1.56. The number of amides is 1. The molecule has 1 N–H and O–H groups in total. The number of anilines is 1. The zero-order valence-corrected chi connectivity index (χ0v) is 15.7. The number of halogens is 2. The molecule has 0 spiro atoms. The van der Waals surface area contributed by atoms with Crippen LogP contribution in [0.5, 0.6) is 0 Å².